The molecular weight excluding hydrogens is 556 g/mol. The summed E-state index contributed by atoms with van der Waals surface area (Å²) in [5.74, 6) is -1.89. The summed E-state index contributed by atoms with van der Waals surface area (Å²) < 4.78 is 19.0. The van der Waals surface area contributed by atoms with Gasteiger partial charge in [-0.1, -0.05) is 0 Å². The number of hydrogen-bond acceptors (Lipinski definition) is 10. The third-order valence-electron chi connectivity index (χ3n) is 4.19. The van der Waals surface area contributed by atoms with Gasteiger partial charge in [0, 0.05) is 12.8 Å². The molecule has 0 aliphatic carbocycles. The first-order valence-corrected chi connectivity index (χ1v) is 11.9. The Kier molecular flexibility index (Phi) is 25.1. The van der Waals surface area contributed by atoms with Crippen LogP contribution in [0.2, 0.25) is 0 Å². The lowest BCUT2D eigenvalue weighted by Crippen LogP contribution is -2.43. The summed E-state index contributed by atoms with van der Waals surface area (Å²) in [4.78, 5) is 55.6. The van der Waals surface area contributed by atoms with Crippen molar-refractivity contribution in [1.29, 1.82) is 0 Å². The molecule has 0 aromatic rings. The monoisotopic (exact) mass is 604 g/mol. The second-order valence-electron chi connectivity index (χ2n) is 10.00. The lowest BCUT2D eigenvalue weighted by atomic mass is 10.1. The van der Waals surface area contributed by atoms with E-state index in [4.69, 9.17) is 19.7 Å². The van der Waals surface area contributed by atoms with Gasteiger partial charge in [0.15, 0.2) is 0 Å². The zero-order valence-electron chi connectivity index (χ0n) is 24.2. The maximum atomic E-state index is 11.4. The van der Waals surface area contributed by atoms with E-state index in [-0.39, 0.29) is 58.8 Å². The first kappa shape index (κ1) is 43.7. The lowest BCUT2D eigenvalue weighted by Gasteiger charge is -2.22. The highest BCUT2D eigenvalue weighted by atomic mass is 32.1. The fourth-order valence-corrected chi connectivity index (χ4v) is 2.54. The molecule has 13 nitrogen and oxygen atoms in total. The molecule has 39 heavy (non-hydrogen) atoms. The molecule has 0 radical (unpaired) electrons. The summed E-state index contributed by atoms with van der Waals surface area (Å²) in [6.45, 7) is 10.1. The van der Waals surface area contributed by atoms with Crippen LogP contribution in [0.4, 0.5) is 9.59 Å². The number of ether oxygens (including phenoxy) is 4. The van der Waals surface area contributed by atoms with Crippen LogP contribution in [0.15, 0.2) is 0 Å². The molecule has 0 aliphatic rings. The van der Waals surface area contributed by atoms with E-state index < -0.39 is 47.4 Å². The molecule has 0 saturated carbocycles. The van der Waals surface area contributed by atoms with E-state index in [9.17, 15) is 24.0 Å². The van der Waals surface area contributed by atoms with Crippen molar-refractivity contribution in [2.75, 3.05) is 20.8 Å². The van der Waals surface area contributed by atoms with Crippen LogP contribution >= 0.6 is 27.0 Å². The SMILES string of the molecule is COC(=O)CCC[C@@H](CO)NC(=O)OC(C)(C)C.COC(=O)CCC[C@H](NC(=O)OC(C)(C)C)C(=O)O.S.S. The number of carbonyl (C=O) groups is 5. The van der Waals surface area contributed by atoms with Crippen LogP contribution in [-0.2, 0) is 33.3 Å². The molecule has 4 N–H and O–H groups in total. The van der Waals surface area contributed by atoms with E-state index in [2.05, 4.69) is 20.1 Å². The highest BCUT2D eigenvalue weighted by Gasteiger charge is 2.24. The number of hydrogen-bond donors (Lipinski definition) is 4. The number of amides is 2. The topological polar surface area (TPSA) is 187 Å². The third kappa shape index (κ3) is 28.4. The minimum Gasteiger partial charge on any atom is -0.480 e. The summed E-state index contributed by atoms with van der Waals surface area (Å²) in [5, 5.41) is 22.9. The number of carboxylic acid groups (broad SMARTS) is 1. The van der Waals surface area contributed by atoms with Crippen molar-refractivity contribution in [3.8, 4) is 0 Å². The summed E-state index contributed by atoms with van der Waals surface area (Å²) in [6.07, 6.45) is 0.471. The highest BCUT2D eigenvalue weighted by molar-refractivity contribution is 7.59. The average molecular weight is 605 g/mol. The van der Waals surface area contributed by atoms with Crippen LogP contribution in [-0.4, -0.2) is 84.4 Å². The van der Waals surface area contributed by atoms with Gasteiger partial charge in [-0.25, -0.2) is 14.4 Å². The molecule has 15 heteroatoms. The van der Waals surface area contributed by atoms with Gasteiger partial charge in [-0.2, -0.15) is 27.0 Å². The van der Waals surface area contributed by atoms with Gasteiger partial charge < -0.3 is 39.8 Å². The van der Waals surface area contributed by atoms with Crippen molar-refractivity contribution < 1.29 is 53.1 Å². The Morgan fingerprint density at radius 1 is 0.718 bits per heavy atom. The van der Waals surface area contributed by atoms with Crippen LogP contribution in [0.3, 0.4) is 0 Å². The van der Waals surface area contributed by atoms with Gasteiger partial charge in [0.1, 0.15) is 17.2 Å². The molecule has 0 rings (SSSR count). The van der Waals surface area contributed by atoms with Gasteiger partial charge in [0.25, 0.3) is 0 Å². The van der Waals surface area contributed by atoms with E-state index >= 15 is 0 Å². The Labute approximate surface area is 244 Å². The molecular formula is C24H48N2O11S2. The number of carbonyl (C=O) groups excluding carboxylic acids is 4. The summed E-state index contributed by atoms with van der Waals surface area (Å²) in [6, 6.07) is -1.50. The molecule has 0 aromatic carbocycles. The number of carboxylic acids is 1. The van der Waals surface area contributed by atoms with E-state index in [0.29, 0.717) is 19.3 Å². The van der Waals surface area contributed by atoms with Crippen molar-refractivity contribution in [3.63, 3.8) is 0 Å². The molecule has 0 heterocycles. The van der Waals surface area contributed by atoms with Crippen molar-refractivity contribution in [2.24, 2.45) is 0 Å². The molecule has 2 atom stereocenters. The second-order valence-corrected chi connectivity index (χ2v) is 10.00. The van der Waals surface area contributed by atoms with Gasteiger partial charge in [-0.05, 0) is 67.2 Å². The molecule has 0 aromatic heterocycles. The number of aliphatic hydroxyl groups excluding tert-OH is 1. The second kappa shape index (κ2) is 22.4. The van der Waals surface area contributed by atoms with Gasteiger partial charge in [-0.3, -0.25) is 9.59 Å². The van der Waals surface area contributed by atoms with Crippen molar-refractivity contribution in [2.45, 2.75) is 103 Å². The standard InChI is InChI=1S/C12H21NO6.C12H23NO5.2H2S/c1-12(2,3)19-11(17)13-8(10(15)16)6-5-7-9(14)18-4;1-12(2,3)18-11(16)13-9(8-14)6-5-7-10(15)17-4;;/h8H,5-7H2,1-4H3,(H,13,17)(H,15,16);9,14H,5-8H2,1-4H3,(H,13,16);2*1H2/t8-;9-;;/m00../s1. The number of methoxy groups -OCH3 is 2. The number of alkyl carbamates (subject to hydrolysis) is 2. The minimum atomic E-state index is -1.17. The van der Waals surface area contributed by atoms with Crippen LogP contribution in [0.1, 0.15) is 80.1 Å². The smallest absolute Gasteiger partial charge is 0.408 e. The zero-order valence-corrected chi connectivity index (χ0v) is 26.2. The van der Waals surface area contributed by atoms with Crippen molar-refractivity contribution in [3.05, 3.63) is 0 Å². The van der Waals surface area contributed by atoms with Crippen LogP contribution in [0, 0.1) is 0 Å². The van der Waals surface area contributed by atoms with E-state index in [1.165, 1.54) is 14.2 Å². The first-order valence-electron chi connectivity index (χ1n) is 11.9. The van der Waals surface area contributed by atoms with Crippen LogP contribution in [0.5, 0.6) is 0 Å². The van der Waals surface area contributed by atoms with Crippen molar-refractivity contribution >= 4 is 57.1 Å². The predicted molar refractivity (Wildman–Crippen MR) is 154 cm³/mol. The maximum absolute atomic E-state index is 11.4. The third-order valence-corrected chi connectivity index (χ3v) is 4.19. The Morgan fingerprint density at radius 3 is 1.44 bits per heavy atom. The van der Waals surface area contributed by atoms with Crippen LogP contribution < -0.4 is 10.6 Å². The molecule has 0 spiro atoms. The number of aliphatic hydroxyl groups is 1. The van der Waals surface area contributed by atoms with Gasteiger partial charge in [-0.15, -0.1) is 0 Å². The quantitative estimate of drug-likeness (QED) is 0.189. The van der Waals surface area contributed by atoms with E-state index in [1.807, 2.05) is 0 Å². The normalized spacial score (nSPS) is 11.9. The van der Waals surface area contributed by atoms with Crippen LogP contribution in [0.25, 0.3) is 0 Å². The number of nitrogens with one attached hydrogen (secondary N) is 2. The van der Waals surface area contributed by atoms with Gasteiger partial charge in [0.2, 0.25) is 0 Å². The Bertz CT molecular complexity index is 739. The zero-order chi connectivity index (χ0) is 29.2. The summed E-state index contributed by atoms with van der Waals surface area (Å²) in [5.41, 5.74) is -1.27. The summed E-state index contributed by atoms with van der Waals surface area (Å²) >= 11 is 0. The maximum Gasteiger partial charge on any atom is 0.408 e. The molecule has 2 amide bonds. The fourth-order valence-electron chi connectivity index (χ4n) is 2.54. The van der Waals surface area contributed by atoms with E-state index in [0.717, 1.165) is 0 Å². The predicted octanol–water partition coefficient (Wildman–Crippen LogP) is 2.75. The largest absolute Gasteiger partial charge is 0.480 e. The Balaban J connectivity index is -0.000000299. The number of esters is 2. The first-order chi connectivity index (χ1) is 16.9. The highest BCUT2D eigenvalue weighted by Crippen LogP contribution is 2.09. The number of rotatable bonds is 12. The summed E-state index contributed by atoms with van der Waals surface area (Å²) in [7, 11) is 2.58. The minimum absolute atomic E-state index is 0. The average Bonchev–Trinajstić information content (AvgIpc) is 2.75. The Hall–Kier alpha value is -2.39. The van der Waals surface area contributed by atoms with Crippen molar-refractivity contribution in [1.82, 2.24) is 10.6 Å². The van der Waals surface area contributed by atoms with E-state index in [1.54, 1.807) is 41.5 Å². The molecule has 0 unspecified atom stereocenters. The number of aliphatic carboxylic acids is 1. The fraction of sp³-hybridized carbons (Fsp3) is 0.792. The Morgan fingerprint density at radius 2 is 1.10 bits per heavy atom. The molecule has 0 aliphatic heterocycles. The molecule has 232 valence electrons. The molecule has 0 fully saturated rings. The molecule has 0 saturated heterocycles. The van der Waals surface area contributed by atoms with Gasteiger partial charge in [0.05, 0.1) is 26.9 Å². The molecule has 0 bridgehead atoms. The van der Waals surface area contributed by atoms with Gasteiger partial charge >= 0.3 is 30.1 Å². The lowest BCUT2D eigenvalue weighted by molar-refractivity contribution is -0.142.